The lowest BCUT2D eigenvalue weighted by Crippen LogP contribution is -2.55. The summed E-state index contributed by atoms with van der Waals surface area (Å²) in [6.45, 7) is 6.44. The second-order valence-corrected chi connectivity index (χ2v) is 7.41. The number of hydrogen-bond donors (Lipinski definition) is 1. The molecule has 2 rings (SSSR count). The van der Waals surface area contributed by atoms with Crippen LogP contribution in [0.1, 0.15) is 20.8 Å². The molecule has 6 nitrogen and oxygen atoms in total. The van der Waals surface area contributed by atoms with Gasteiger partial charge in [-0.3, -0.25) is 14.4 Å². The lowest BCUT2D eigenvalue weighted by atomic mass is 9.89. The van der Waals surface area contributed by atoms with Crippen molar-refractivity contribution >= 4 is 46.6 Å². The molecule has 136 valence electrons. The number of halogens is 2. The Morgan fingerprint density at radius 3 is 1.92 bits per heavy atom. The lowest BCUT2D eigenvalue weighted by molar-refractivity contribution is -0.149. The lowest BCUT2D eigenvalue weighted by Gasteiger charge is -2.37. The van der Waals surface area contributed by atoms with Crippen LogP contribution in [0.4, 0.5) is 5.69 Å². The van der Waals surface area contributed by atoms with Gasteiger partial charge in [0.2, 0.25) is 17.7 Å². The fraction of sp³-hybridized carbons (Fsp3) is 0.471. The summed E-state index contributed by atoms with van der Waals surface area (Å²) in [5.74, 6) is -0.729. The van der Waals surface area contributed by atoms with Gasteiger partial charge in [-0.25, -0.2) is 0 Å². The van der Waals surface area contributed by atoms with Gasteiger partial charge in [0.1, 0.15) is 5.41 Å². The highest BCUT2D eigenvalue weighted by molar-refractivity contribution is 6.35. The van der Waals surface area contributed by atoms with E-state index in [-0.39, 0.29) is 11.8 Å². The van der Waals surface area contributed by atoms with Gasteiger partial charge in [-0.15, -0.1) is 0 Å². The first-order chi connectivity index (χ1) is 11.6. The van der Waals surface area contributed by atoms with Crippen molar-refractivity contribution in [3.63, 3.8) is 0 Å². The molecule has 1 saturated heterocycles. The molecule has 0 unspecified atom stereocenters. The van der Waals surface area contributed by atoms with Gasteiger partial charge in [0, 0.05) is 48.8 Å². The number of carbonyl (C=O) groups is 3. The zero-order chi connectivity index (χ0) is 18.8. The van der Waals surface area contributed by atoms with E-state index < -0.39 is 11.3 Å². The van der Waals surface area contributed by atoms with Crippen molar-refractivity contribution in [3.05, 3.63) is 28.2 Å². The molecule has 0 aromatic heterocycles. The Morgan fingerprint density at radius 1 is 0.960 bits per heavy atom. The summed E-state index contributed by atoms with van der Waals surface area (Å²) in [5, 5.41) is 3.48. The van der Waals surface area contributed by atoms with Crippen LogP contribution in [0.5, 0.6) is 0 Å². The number of nitrogens with zero attached hydrogens (tertiary/aromatic N) is 2. The van der Waals surface area contributed by atoms with E-state index in [1.54, 1.807) is 41.8 Å². The Hall–Kier alpha value is -1.79. The van der Waals surface area contributed by atoms with Crippen LogP contribution >= 0.6 is 23.2 Å². The predicted octanol–water partition coefficient (Wildman–Crippen LogP) is 2.65. The van der Waals surface area contributed by atoms with Crippen molar-refractivity contribution in [2.75, 3.05) is 31.5 Å². The van der Waals surface area contributed by atoms with Crippen LogP contribution in [-0.2, 0) is 14.4 Å². The van der Waals surface area contributed by atoms with E-state index in [4.69, 9.17) is 23.2 Å². The van der Waals surface area contributed by atoms with E-state index >= 15 is 0 Å². The monoisotopic (exact) mass is 385 g/mol. The molecule has 0 spiro atoms. The summed E-state index contributed by atoms with van der Waals surface area (Å²) in [6.07, 6.45) is 0. The summed E-state index contributed by atoms with van der Waals surface area (Å²) in [7, 11) is 0. The smallest absolute Gasteiger partial charge is 0.239 e. The van der Waals surface area contributed by atoms with Gasteiger partial charge < -0.3 is 15.1 Å². The molecule has 1 aromatic carbocycles. The quantitative estimate of drug-likeness (QED) is 0.812. The molecule has 8 heteroatoms. The molecule has 1 N–H and O–H groups in total. The molecule has 1 aromatic rings. The normalized spacial score (nSPS) is 15.1. The summed E-state index contributed by atoms with van der Waals surface area (Å²) in [5.41, 5.74) is -0.822. The highest BCUT2D eigenvalue weighted by Crippen LogP contribution is 2.26. The summed E-state index contributed by atoms with van der Waals surface area (Å²) in [6, 6.07) is 4.69. The minimum absolute atomic E-state index is 0.0121. The van der Waals surface area contributed by atoms with E-state index in [1.807, 2.05) is 0 Å². The van der Waals surface area contributed by atoms with Crippen LogP contribution in [0.15, 0.2) is 18.2 Å². The number of hydrogen-bond acceptors (Lipinski definition) is 3. The van der Waals surface area contributed by atoms with Crippen molar-refractivity contribution in [3.8, 4) is 0 Å². The molecule has 3 amide bonds. The third kappa shape index (κ3) is 4.64. The van der Waals surface area contributed by atoms with Crippen LogP contribution < -0.4 is 5.32 Å². The van der Waals surface area contributed by atoms with E-state index in [0.29, 0.717) is 41.9 Å². The van der Waals surface area contributed by atoms with Crippen LogP contribution in [0.2, 0.25) is 10.0 Å². The van der Waals surface area contributed by atoms with Crippen molar-refractivity contribution < 1.29 is 14.4 Å². The van der Waals surface area contributed by atoms with Crippen LogP contribution in [0, 0.1) is 5.41 Å². The maximum absolute atomic E-state index is 12.8. The van der Waals surface area contributed by atoms with Crippen molar-refractivity contribution in [1.82, 2.24) is 9.80 Å². The Labute approximate surface area is 157 Å². The Morgan fingerprint density at radius 2 is 1.44 bits per heavy atom. The molecule has 0 radical (unpaired) electrons. The molecule has 0 bridgehead atoms. The fourth-order valence-electron chi connectivity index (χ4n) is 2.63. The molecule has 1 aliphatic rings. The summed E-state index contributed by atoms with van der Waals surface area (Å²) in [4.78, 5) is 40.1. The van der Waals surface area contributed by atoms with Crippen molar-refractivity contribution in [1.29, 1.82) is 0 Å². The molecule has 0 saturated carbocycles. The third-order valence-electron chi connectivity index (χ3n) is 4.23. The SMILES string of the molecule is CC(=O)N1CCN(C(=O)C(C)(C)C(=O)Nc2cc(Cl)cc(Cl)c2)CC1. The van der Waals surface area contributed by atoms with Gasteiger partial charge in [0.25, 0.3) is 0 Å². The molecular formula is C17H21Cl2N3O3. The Kier molecular flexibility index (Phi) is 5.95. The highest BCUT2D eigenvalue weighted by atomic mass is 35.5. The Bertz CT molecular complexity index is 678. The molecule has 1 aliphatic heterocycles. The van der Waals surface area contributed by atoms with Crippen LogP contribution in [0.25, 0.3) is 0 Å². The van der Waals surface area contributed by atoms with E-state index in [1.165, 1.54) is 6.92 Å². The first kappa shape index (κ1) is 19.5. The molecule has 0 atom stereocenters. The molecule has 25 heavy (non-hydrogen) atoms. The number of piperazine rings is 1. The molecule has 0 aliphatic carbocycles. The first-order valence-electron chi connectivity index (χ1n) is 7.93. The zero-order valence-corrected chi connectivity index (χ0v) is 15.9. The maximum atomic E-state index is 12.8. The number of benzene rings is 1. The number of amides is 3. The van der Waals surface area contributed by atoms with E-state index in [2.05, 4.69) is 5.32 Å². The topological polar surface area (TPSA) is 69.7 Å². The maximum Gasteiger partial charge on any atom is 0.239 e. The zero-order valence-electron chi connectivity index (χ0n) is 14.4. The number of rotatable bonds is 3. The first-order valence-corrected chi connectivity index (χ1v) is 8.69. The number of nitrogens with one attached hydrogen (secondary N) is 1. The van der Waals surface area contributed by atoms with E-state index in [9.17, 15) is 14.4 Å². The van der Waals surface area contributed by atoms with Crippen molar-refractivity contribution in [2.45, 2.75) is 20.8 Å². The minimum atomic E-state index is -1.26. The molecule has 1 fully saturated rings. The van der Waals surface area contributed by atoms with Crippen molar-refractivity contribution in [2.24, 2.45) is 5.41 Å². The molecule has 1 heterocycles. The average molecular weight is 386 g/mol. The van der Waals surface area contributed by atoms with Gasteiger partial charge in [0.15, 0.2) is 0 Å². The van der Waals surface area contributed by atoms with E-state index in [0.717, 1.165) is 0 Å². The Balaban J connectivity index is 2.05. The second-order valence-electron chi connectivity index (χ2n) is 6.54. The van der Waals surface area contributed by atoms with Gasteiger partial charge in [-0.2, -0.15) is 0 Å². The summed E-state index contributed by atoms with van der Waals surface area (Å²) >= 11 is 11.9. The third-order valence-corrected chi connectivity index (χ3v) is 4.67. The second kappa shape index (κ2) is 7.62. The van der Waals surface area contributed by atoms with Gasteiger partial charge in [0.05, 0.1) is 0 Å². The number of carbonyl (C=O) groups excluding carboxylic acids is 3. The number of anilines is 1. The van der Waals surface area contributed by atoms with Gasteiger partial charge >= 0.3 is 0 Å². The predicted molar refractivity (Wildman–Crippen MR) is 97.7 cm³/mol. The van der Waals surface area contributed by atoms with Gasteiger partial charge in [-0.1, -0.05) is 23.2 Å². The highest BCUT2D eigenvalue weighted by Gasteiger charge is 2.40. The van der Waals surface area contributed by atoms with Crippen LogP contribution in [-0.4, -0.2) is 53.7 Å². The standard InChI is InChI=1S/C17H21Cl2N3O3/c1-11(23)21-4-6-22(7-5-21)16(25)17(2,3)15(24)20-14-9-12(18)8-13(19)10-14/h8-10H,4-7H2,1-3H3,(H,20,24). The minimum Gasteiger partial charge on any atom is -0.339 e. The van der Waals surface area contributed by atoms with Crippen LogP contribution in [0.3, 0.4) is 0 Å². The summed E-state index contributed by atoms with van der Waals surface area (Å²) < 4.78 is 0. The fourth-order valence-corrected chi connectivity index (χ4v) is 3.16. The average Bonchev–Trinajstić information content (AvgIpc) is 2.53. The molecular weight excluding hydrogens is 365 g/mol. The van der Waals surface area contributed by atoms with Gasteiger partial charge in [-0.05, 0) is 32.0 Å². The largest absolute Gasteiger partial charge is 0.339 e.